The number of benzene rings is 1. The average molecular weight is 535 g/mol. The van der Waals surface area contributed by atoms with Gasteiger partial charge < -0.3 is 37.5 Å². The Kier molecular flexibility index (Phi) is 12.4. The number of fused-ring (bicyclic) bond motifs is 1. The van der Waals surface area contributed by atoms with E-state index in [1.54, 1.807) is 18.0 Å². The summed E-state index contributed by atoms with van der Waals surface area (Å²) in [5, 5.41) is 18.3. The number of carboxylic acids is 1. The molecule has 1 aromatic carbocycles. The second-order valence-electron chi connectivity index (χ2n) is 8.93. The zero-order valence-corrected chi connectivity index (χ0v) is 22.1. The molecule has 0 radical (unpaired) electrons. The van der Waals surface area contributed by atoms with Gasteiger partial charge in [0, 0.05) is 23.5 Å². The Balaban J connectivity index is 2.17. The second kappa shape index (κ2) is 15.2. The summed E-state index contributed by atoms with van der Waals surface area (Å²) in [5.74, 6) is -2.13. The fraction of sp³-hybridized carbons (Fsp3) is 0.520. The zero-order valence-electron chi connectivity index (χ0n) is 21.3. The average Bonchev–Trinajstić information content (AvgIpc) is 3.28. The van der Waals surface area contributed by atoms with Crippen molar-refractivity contribution in [3.8, 4) is 0 Å². The highest BCUT2D eigenvalue weighted by Crippen LogP contribution is 2.19. The van der Waals surface area contributed by atoms with Crippen LogP contribution in [0.2, 0.25) is 0 Å². The van der Waals surface area contributed by atoms with Gasteiger partial charge in [0.15, 0.2) is 0 Å². The Morgan fingerprint density at radius 3 is 2.38 bits per heavy atom. The molecule has 204 valence electrons. The normalized spacial score (nSPS) is 14.4. The lowest BCUT2D eigenvalue weighted by Gasteiger charge is -2.24. The molecule has 12 heteroatoms. The molecular weight excluding hydrogens is 496 g/mol. The SMILES string of the molecule is CSCCC(N)C(=O)NC(C)C(=O)NC(Cc1c[nH]c2ccccc12)C(=O)NC(CCCCN)C(=O)O. The van der Waals surface area contributed by atoms with Gasteiger partial charge in [-0.25, -0.2) is 4.79 Å². The minimum atomic E-state index is -1.16. The number of nitrogens with two attached hydrogens (primary N) is 2. The summed E-state index contributed by atoms with van der Waals surface area (Å²) in [7, 11) is 0. The highest BCUT2D eigenvalue weighted by atomic mass is 32.2. The Morgan fingerprint density at radius 1 is 1.00 bits per heavy atom. The first-order valence-corrected chi connectivity index (χ1v) is 13.7. The van der Waals surface area contributed by atoms with Gasteiger partial charge in [-0.2, -0.15) is 11.8 Å². The van der Waals surface area contributed by atoms with Crippen molar-refractivity contribution < 1.29 is 24.3 Å². The number of aliphatic carboxylic acids is 1. The smallest absolute Gasteiger partial charge is 0.326 e. The van der Waals surface area contributed by atoms with E-state index in [1.807, 2.05) is 30.5 Å². The molecule has 4 unspecified atom stereocenters. The minimum absolute atomic E-state index is 0.116. The topological polar surface area (TPSA) is 192 Å². The van der Waals surface area contributed by atoms with Crippen LogP contribution in [0.25, 0.3) is 10.9 Å². The molecule has 0 spiro atoms. The number of hydrogen-bond acceptors (Lipinski definition) is 7. The van der Waals surface area contributed by atoms with Crippen LogP contribution in [-0.2, 0) is 25.6 Å². The quantitative estimate of drug-likeness (QED) is 0.151. The molecule has 11 nitrogen and oxygen atoms in total. The summed E-state index contributed by atoms with van der Waals surface area (Å²) < 4.78 is 0. The molecule has 0 saturated carbocycles. The standard InChI is InChI=1S/C25H38N6O5S/c1-15(29-23(33)18(27)10-12-37-2)22(32)31-21(13-16-14-28-19-8-4-3-7-17(16)19)24(34)30-20(25(35)36)9-5-6-11-26/h3-4,7-8,14-15,18,20-21,28H,5-6,9-13,26-27H2,1-2H3,(H,29,33)(H,30,34)(H,31,32)(H,35,36). The summed E-state index contributed by atoms with van der Waals surface area (Å²) in [6, 6.07) is 3.63. The molecule has 1 aromatic heterocycles. The van der Waals surface area contributed by atoms with E-state index in [4.69, 9.17) is 11.5 Å². The van der Waals surface area contributed by atoms with Gasteiger partial charge in [0.1, 0.15) is 18.1 Å². The van der Waals surface area contributed by atoms with Gasteiger partial charge in [-0.15, -0.1) is 0 Å². The lowest BCUT2D eigenvalue weighted by molar-refractivity contribution is -0.142. The molecule has 1 heterocycles. The molecule has 37 heavy (non-hydrogen) atoms. The number of aromatic nitrogens is 1. The fourth-order valence-corrected chi connectivity index (χ4v) is 4.30. The Bertz CT molecular complexity index is 1060. The van der Waals surface area contributed by atoms with E-state index in [9.17, 15) is 24.3 Å². The number of carboxylic acid groups (broad SMARTS) is 1. The summed E-state index contributed by atoms with van der Waals surface area (Å²) in [4.78, 5) is 53.4. The largest absolute Gasteiger partial charge is 0.480 e. The maximum Gasteiger partial charge on any atom is 0.326 e. The van der Waals surface area contributed by atoms with Crippen LogP contribution in [0.3, 0.4) is 0 Å². The summed E-state index contributed by atoms with van der Waals surface area (Å²) in [6.45, 7) is 1.92. The predicted octanol–water partition coefficient (Wildman–Crippen LogP) is 0.479. The number of carbonyl (C=O) groups is 4. The van der Waals surface area contributed by atoms with Gasteiger partial charge in [-0.1, -0.05) is 18.2 Å². The third kappa shape index (κ3) is 9.38. The summed E-state index contributed by atoms with van der Waals surface area (Å²) in [5.41, 5.74) is 13.0. The first-order chi connectivity index (χ1) is 17.7. The van der Waals surface area contributed by atoms with E-state index >= 15 is 0 Å². The molecule has 0 aliphatic carbocycles. The van der Waals surface area contributed by atoms with Crippen LogP contribution in [0.4, 0.5) is 0 Å². The number of amides is 3. The van der Waals surface area contributed by atoms with Crippen LogP contribution in [0.15, 0.2) is 30.5 Å². The summed E-state index contributed by atoms with van der Waals surface area (Å²) in [6.07, 6.45) is 5.62. The molecule has 2 rings (SSSR count). The number of thioether (sulfide) groups is 1. The fourth-order valence-electron chi connectivity index (χ4n) is 3.81. The van der Waals surface area contributed by atoms with Crippen molar-refractivity contribution >= 4 is 46.4 Å². The van der Waals surface area contributed by atoms with Crippen molar-refractivity contribution in [1.82, 2.24) is 20.9 Å². The van der Waals surface area contributed by atoms with E-state index < -0.39 is 47.9 Å². The van der Waals surface area contributed by atoms with Crippen LogP contribution < -0.4 is 27.4 Å². The number of unbranched alkanes of at least 4 members (excludes halogenated alkanes) is 1. The second-order valence-corrected chi connectivity index (χ2v) is 9.91. The highest BCUT2D eigenvalue weighted by molar-refractivity contribution is 7.98. The molecule has 2 aromatic rings. The van der Waals surface area contributed by atoms with Crippen molar-refractivity contribution in [1.29, 1.82) is 0 Å². The van der Waals surface area contributed by atoms with Crippen molar-refractivity contribution in [2.24, 2.45) is 11.5 Å². The molecule has 4 atom stereocenters. The molecule has 3 amide bonds. The first kappa shape index (κ1) is 30.1. The highest BCUT2D eigenvalue weighted by Gasteiger charge is 2.29. The minimum Gasteiger partial charge on any atom is -0.480 e. The molecule has 0 saturated heterocycles. The van der Waals surface area contributed by atoms with Gasteiger partial charge in [0.2, 0.25) is 17.7 Å². The maximum atomic E-state index is 13.2. The lowest BCUT2D eigenvalue weighted by atomic mass is 10.0. The van der Waals surface area contributed by atoms with Crippen LogP contribution in [0, 0.1) is 0 Å². The van der Waals surface area contributed by atoms with Gasteiger partial charge >= 0.3 is 5.97 Å². The molecule has 0 aliphatic heterocycles. The monoisotopic (exact) mass is 534 g/mol. The third-order valence-electron chi connectivity index (χ3n) is 6.02. The lowest BCUT2D eigenvalue weighted by Crippen LogP contribution is -2.57. The number of nitrogens with one attached hydrogen (secondary N) is 4. The molecular formula is C25H38N6O5S. The number of rotatable bonds is 16. The van der Waals surface area contributed by atoms with Crippen LogP contribution >= 0.6 is 11.8 Å². The number of H-pyrrole nitrogens is 1. The van der Waals surface area contributed by atoms with E-state index in [-0.39, 0.29) is 12.8 Å². The Hall–Kier alpha value is -3.09. The number of aromatic amines is 1. The third-order valence-corrected chi connectivity index (χ3v) is 6.66. The maximum absolute atomic E-state index is 13.2. The number of carbonyl (C=O) groups excluding carboxylic acids is 3. The van der Waals surface area contributed by atoms with Gasteiger partial charge in [-0.3, -0.25) is 14.4 Å². The number of hydrogen-bond donors (Lipinski definition) is 7. The molecule has 0 aliphatic rings. The van der Waals surface area contributed by atoms with E-state index in [1.165, 1.54) is 6.92 Å². The van der Waals surface area contributed by atoms with Crippen molar-refractivity contribution in [3.05, 3.63) is 36.0 Å². The number of para-hydroxylation sites is 1. The zero-order chi connectivity index (χ0) is 27.4. The van der Waals surface area contributed by atoms with Gasteiger partial charge in [0.25, 0.3) is 0 Å². The van der Waals surface area contributed by atoms with Crippen LogP contribution in [-0.4, -0.2) is 76.5 Å². The molecule has 0 bridgehead atoms. The van der Waals surface area contributed by atoms with E-state index in [0.29, 0.717) is 31.6 Å². The van der Waals surface area contributed by atoms with E-state index in [0.717, 1.165) is 16.5 Å². The summed E-state index contributed by atoms with van der Waals surface area (Å²) >= 11 is 1.56. The van der Waals surface area contributed by atoms with Crippen LogP contribution in [0.5, 0.6) is 0 Å². The molecule has 0 fully saturated rings. The Labute approximate surface area is 220 Å². The van der Waals surface area contributed by atoms with Crippen molar-refractivity contribution in [3.63, 3.8) is 0 Å². The first-order valence-electron chi connectivity index (χ1n) is 12.3. The van der Waals surface area contributed by atoms with Gasteiger partial charge in [0.05, 0.1) is 6.04 Å². The van der Waals surface area contributed by atoms with Crippen molar-refractivity contribution in [2.75, 3.05) is 18.6 Å². The Morgan fingerprint density at radius 2 is 1.70 bits per heavy atom. The van der Waals surface area contributed by atoms with E-state index in [2.05, 4.69) is 20.9 Å². The van der Waals surface area contributed by atoms with Crippen molar-refractivity contribution in [2.45, 2.75) is 63.2 Å². The predicted molar refractivity (Wildman–Crippen MR) is 145 cm³/mol. The van der Waals surface area contributed by atoms with Gasteiger partial charge in [-0.05, 0) is 62.8 Å². The van der Waals surface area contributed by atoms with Crippen LogP contribution in [0.1, 0.15) is 38.2 Å². The molecule has 9 N–H and O–H groups in total.